The molecule has 0 aliphatic rings. The number of carbonyl (C=O) groups is 2. The van der Waals surface area contributed by atoms with E-state index in [2.05, 4.69) is 5.32 Å². The number of aliphatic carboxylic acids is 1. The van der Waals surface area contributed by atoms with Gasteiger partial charge in [0.2, 0.25) is 11.2 Å². The molecule has 0 aliphatic carbocycles. The van der Waals surface area contributed by atoms with Crippen molar-refractivity contribution in [3.63, 3.8) is 0 Å². The fraction of sp³-hybridized carbons (Fsp3) is 0.240. The van der Waals surface area contributed by atoms with E-state index in [1.54, 1.807) is 6.92 Å². The van der Waals surface area contributed by atoms with E-state index in [-0.39, 0.29) is 17.9 Å². The number of carboxylic acid groups (broad SMARTS) is 1. The lowest BCUT2D eigenvalue weighted by Crippen LogP contribution is -2.39. The van der Waals surface area contributed by atoms with Crippen LogP contribution in [0.25, 0.3) is 11.1 Å². The second kappa shape index (κ2) is 10.4. The van der Waals surface area contributed by atoms with E-state index in [0.717, 1.165) is 29.0 Å². The monoisotopic (exact) mass is 435 g/mol. The van der Waals surface area contributed by atoms with Gasteiger partial charge in [-0.25, -0.2) is 0 Å². The van der Waals surface area contributed by atoms with E-state index in [1.165, 1.54) is 7.11 Å². The Bertz CT molecular complexity index is 1120. The Labute approximate surface area is 185 Å². The number of amides is 1. The fourth-order valence-electron chi connectivity index (χ4n) is 3.39. The first-order valence-corrected chi connectivity index (χ1v) is 10.2. The summed E-state index contributed by atoms with van der Waals surface area (Å²) >= 11 is 0. The number of ether oxygens (including phenoxy) is 1. The van der Waals surface area contributed by atoms with Crippen LogP contribution in [0.1, 0.15) is 29.5 Å². The standard InChI is InChI=1S/C25H25NO6/c1-16(25(29)30)12-20(26-24(28)22-14-21(27)23(31-2)15-32-22)13-17-8-10-19(11-9-17)18-6-4-3-5-7-18/h3-11,14-16,20H,12-13H2,1-2H3,(H,26,28)(H,29,30). The Morgan fingerprint density at radius 1 is 1.06 bits per heavy atom. The fourth-order valence-corrected chi connectivity index (χ4v) is 3.39. The van der Waals surface area contributed by atoms with Crippen molar-refractivity contribution >= 4 is 11.9 Å². The summed E-state index contributed by atoms with van der Waals surface area (Å²) in [6.45, 7) is 1.59. The lowest BCUT2D eigenvalue weighted by Gasteiger charge is -2.21. The highest BCUT2D eigenvalue weighted by molar-refractivity contribution is 5.91. The maximum atomic E-state index is 12.7. The molecule has 1 heterocycles. The molecule has 0 saturated heterocycles. The van der Waals surface area contributed by atoms with E-state index in [9.17, 15) is 19.5 Å². The second-order valence-electron chi connectivity index (χ2n) is 7.59. The zero-order chi connectivity index (χ0) is 23.1. The third-order valence-corrected chi connectivity index (χ3v) is 5.18. The van der Waals surface area contributed by atoms with Crippen LogP contribution < -0.4 is 15.5 Å². The SMILES string of the molecule is COc1coc(C(=O)NC(Cc2ccc(-c3ccccc3)cc2)CC(C)C(=O)O)cc1=O. The Morgan fingerprint density at radius 2 is 1.72 bits per heavy atom. The number of hydrogen-bond donors (Lipinski definition) is 2. The molecule has 3 rings (SSSR count). The normalized spacial score (nSPS) is 12.6. The molecule has 166 valence electrons. The van der Waals surface area contributed by atoms with Gasteiger partial charge in [-0.05, 0) is 29.5 Å². The molecule has 7 heteroatoms. The summed E-state index contributed by atoms with van der Waals surface area (Å²) in [5.74, 6) is -2.36. The molecule has 0 bridgehead atoms. The van der Waals surface area contributed by atoms with Gasteiger partial charge in [-0.3, -0.25) is 14.4 Å². The molecule has 0 radical (unpaired) electrons. The summed E-state index contributed by atoms with van der Waals surface area (Å²) in [7, 11) is 1.33. The van der Waals surface area contributed by atoms with Crippen molar-refractivity contribution in [2.75, 3.05) is 7.11 Å². The molecule has 1 aromatic heterocycles. The smallest absolute Gasteiger partial charge is 0.306 e. The van der Waals surface area contributed by atoms with Gasteiger partial charge in [0.1, 0.15) is 6.26 Å². The van der Waals surface area contributed by atoms with Gasteiger partial charge in [0.25, 0.3) is 5.91 Å². The summed E-state index contributed by atoms with van der Waals surface area (Å²) in [6, 6.07) is 18.4. The molecule has 2 atom stereocenters. The molecule has 0 saturated carbocycles. The van der Waals surface area contributed by atoms with Crippen molar-refractivity contribution in [1.82, 2.24) is 5.32 Å². The Morgan fingerprint density at radius 3 is 2.31 bits per heavy atom. The van der Waals surface area contributed by atoms with Gasteiger partial charge in [0.05, 0.1) is 13.0 Å². The first-order valence-electron chi connectivity index (χ1n) is 10.2. The second-order valence-corrected chi connectivity index (χ2v) is 7.59. The third-order valence-electron chi connectivity index (χ3n) is 5.18. The Balaban J connectivity index is 1.76. The molecule has 0 spiro atoms. The minimum absolute atomic E-state index is 0.00361. The quantitative estimate of drug-likeness (QED) is 0.530. The summed E-state index contributed by atoms with van der Waals surface area (Å²) in [5.41, 5.74) is 2.63. The van der Waals surface area contributed by atoms with Gasteiger partial charge in [-0.15, -0.1) is 0 Å². The molecule has 3 aromatic rings. The van der Waals surface area contributed by atoms with E-state index in [0.29, 0.717) is 6.42 Å². The van der Waals surface area contributed by atoms with E-state index < -0.39 is 29.3 Å². The van der Waals surface area contributed by atoms with E-state index >= 15 is 0 Å². The summed E-state index contributed by atoms with van der Waals surface area (Å²) in [4.78, 5) is 36.0. The highest BCUT2D eigenvalue weighted by Gasteiger charge is 2.22. The van der Waals surface area contributed by atoms with Gasteiger partial charge in [-0.1, -0.05) is 61.5 Å². The summed E-state index contributed by atoms with van der Waals surface area (Å²) in [5, 5.41) is 12.1. The number of nitrogens with one attached hydrogen (secondary N) is 1. The predicted octanol–water partition coefficient (Wildman–Crippen LogP) is 3.77. The van der Waals surface area contributed by atoms with Crippen molar-refractivity contribution < 1.29 is 23.8 Å². The summed E-state index contributed by atoms with van der Waals surface area (Å²) < 4.78 is 10.1. The zero-order valence-electron chi connectivity index (χ0n) is 17.9. The highest BCUT2D eigenvalue weighted by atomic mass is 16.5. The lowest BCUT2D eigenvalue weighted by atomic mass is 9.95. The van der Waals surface area contributed by atoms with Crippen LogP contribution in [0.3, 0.4) is 0 Å². The minimum Gasteiger partial charge on any atom is -0.490 e. The molecular weight excluding hydrogens is 410 g/mol. The van der Waals surface area contributed by atoms with Crippen LogP contribution >= 0.6 is 0 Å². The third kappa shape index (κ3) is 5.85. The number of methoxy groups -OCH3 is 1. The van der Waals surface area contributed by atoms with Crippen LogP contribution in [-0.2, 0) is 11.2 Å². The number of hydrogen-bond acceptors (Lipinski definition) is 5. The molecule has 0 fully saturated rings. The van der Waals surface area contributed by atoms with Crippen molar-refractivity contribution in [2.45, 2.75) is 25.8 Å². The van der Waals surface area contributed by atoms with Gasteiger partial charge in [-0.2, -0.15) is 0 Å². The highest BCUT2D eigenvalue weighted by Crippen LogP contribution is 2.21. The van der Waals surface area contributed by atoms with Crippen LogP contribution in [0.4, 0.5) is 0 Å². The van der Waals surface area contributed by atoms with Gasteiger partial charge in [0.15, 0.2) is 5.76 Å². The largest absolute Gasteiger partial charge is 0.490 e. The van der Waals surface area contributed by atoms with Crippen LogP contribution in [0.15, 0.2) is 76.1 Å². The average Bonchev–Trinajstić information content (AvgIpc) is 2.80. The first-order chi connectivity index (χ1) is 15.4. The van der Waals surface area contributed by atoms with Crippen LogP contribution in [-0.4, -0.2) is 30.1 Å². The van der Waals surface area contributed by atoms with Gasteiger partial charge >= 0.3 is 5.97 Å². The number of rotatable bonds is 9. The number of benzene rings is 2. The maximum absolute atomic E-state index is 12.7. The average molecular weight is 435 g/mol. The predicted molar refractivity (Wildman–Crippen MR) is 120 cm³/mol. The molecule has 7 nitrogen and oxygen atoms in total. The molecule has 1 amide bonds. The molecule has 32 heavy (non-hydrogen) atoms. The molecule has 0 aliphatic heterocycles. The Hall–Kier alpha value is -3.87. The van der Waals surface area contributed by atoms with Crippen molar-refractivity contribution in [3.05, 3.63) is 88.5 Å². The molecule has 2 N–H and O–H groups in total. The van der Waals surface area contributed by atoms with E-state index in [1.807, 2.05) is 54.6 Å². The van der Waals surface area contributed by atoms with Gasteiger partial charge < -0.3 is 19.6 Å². The van der Waals surface area contributed by atoms with Crippen LogP contribution in [0, 0.1) is 5.92 Å². The van der Waals surface area contributed by atoms with E-state index in [4.69, 9.17) is 9.15 Å². The molecular formula is C25H25NO6. The van der Waals surface area contributed by atoms with Crippen molar-refractivity contribution in [2.24, 2.45) is 5.92 Å². The topological polar surface area (TPSA) is 106 Å². The lowest BCUT2D eigenvalue weighted by molar-refractivity contribution is -0.141. The molecule has 2 aromatic carbocycles. The van der Waals surface area contributed by atoms with Crippen molar-refractivity contribution in [1.29, 1.82) is 0 Å². The number of carbonyl (C=O) groups excluding carboxylic acids is 1. The zero-order valence-corrected chi connectivity index (χ0v) is 17.9. The molecule has 2 unspecified atom stereocenters. The first kappa shape index (κ1) is 22.8. The summed E-state index contributed by atoms with van der Waals surface area (Å²) in [6.07, 6.45) is 1.73. The van der Waals surface area contributed by atoms with Crippen LogP contribution in [0.2, 0.25) is 0 Å². The van der Waals surface area contributed by atoms with Gasteiger partial charge in [0, 0.05) is 12.1 Å². The van der Waals surface area contributed by atoms with Crippen LogP contribution in [0.5, 0.6) is 5.75 Å². The maximum Gasteiger partial charge on any atom is 0.306 e. The Kier molecular flexibility index (Phi) is 7.44. The van der Waals surface area contributed by atoms with Crippen molar-refractivity contribution in [3.8, 4) is 16.9 Å². The number of carboxylic acids is 1. The minimum atomic E-state index is -0.945.